The zero-order valence-corrected chi connectivity index (χ0v) is 68.8. The largest absolute Gasteiger partial charge is 0.484 e. The molecule has 0 aliphatic carbocycles. The molecule has 0 spiro atoms. The van der Waals surface area contributed by atoms with E-state index in [1.54, 1.807) is 28.4 Å². The van der Waals surface area contributed by atoms with Gasteiger partial charge in [-0.1, -0.05) is 27.7 Å². The van der Waals surface area contributed by atoms with E-state index in [-0.39, 0.29) is 45.8 Å². The van der Waals surface area contributed by atoms with E-state index < -0.39 is 0 Å². The molecule has 0 aromatic carbocycles. The molecule has 24 heteroatoms. The minimum Gasteiger partial charge on any atom is -0.484 e. The maximum atomic E-state index is 5.66. The van der Waals surface area contributed by atoms with Crippen LogP contribution in [-0.4, -0.2) is 193 Å². The van der Waals surface area contributed by atoms with Crippen molar-refractivity contribution >= 4 is 0 Å². The van der Waals surface area contributed by atoms with E-state index in [2.05, 4.69) is 168 Å². The molecule has 8 aliphatic heterocycles. The lowest BCUT2D eigenvalue weighted by molar-refractivity contribution is 0.161. The fraction of sp³-hybridized carbons (Fsp3) is 0.545. The molecule has 600 valence electrons. The van der Waals surface area contributed by atoms with E-state index in [1.165, 1.54) is 22.3 Å². The molecule has 0 bridgehead atoms. The van der Waals surface area contributed by atoms with Crippen LogP contribution in [0, 0.1) is 49.4 Å². The molecule has 8 aromatic rings. The van der Waals surface area contributed by atoms with Gasteiger partial charge >= 0.3 is 0 Å². The van der Waals surface area contributed by atoms with Gasteiger partial charge in [0.25, 0.3) is 23.5 Å². The van der Waals surface area contributed by atoms with Crippen LogP contribution >= 0.6 is 0 Å². The van der Waals surface area contributed by atoms with E-state index in [0.29, 0.717) is 99.9 Å². The first-order valence-corrected chi connectivity index (χ1v) is 39.9. The Kier molecular flexibility index (Phi) is 25.5. The molecule has 2 unspecified atom stereocenters. The van der Waals surface area contributed by atoms with Crippen LogP contribution in [0.3, 0.4) is 0 Å². The number of aryl methyl sites for hydroxylation is 4. The summed E-state index contributed by atoms with van der Waals surface area (Å²) in [6.07, 6.45) is 8.71. The Bertz CT molecular complexity index is 3990. The Morgan fingerprint density at radius 1 is 0.304 bits per heavy atom. The molecule has 4 saturated heterocycles. The number of hydrogen-bond acceptors (Lipinski definition) is 24. The number of likely N-dealkylation sites (tertiary alicyclic amines) is 4. The van der Waals surface area contributed by atoms with Gasteiger partial charge in [-0.3, -0.25) is 19.6 Å². The second-order valence-electron chi connectivity index (χ2n) is 33.1. The highest BCUT2D eigenvalue weighted by Crippen LogP contribution is 2.45. The van der Waals surface area contributed by atoms with E-state index in [1.807, 2.05) is 52.0 Å². The molecule has 0 saturated carbocycles. The van der Waals surface area contributed by atoms with Crippen LogP contribution in [0.15, 0.2) is 97.1 Å². The Morgan fingerprint density at radius 2 is 0.509 bits per heavy atom. The van der Waals surface area contributed by atoms with Crippen molar-refractivity contribution in [3.63, 3.8) is 0 Å². The number of methoxy groups -OCH3 is 4. The molecular formula is C88H116N12O12. The van der Waals surface area contributed by atoms with Crippen LogP contribution in [0.4, 0.5) is 0 Å². The summed E-state index contributed by atoms with van der Waals surface area (Å²) in [6.45, 7) is 39.5. The smallest absolute Gasteiger partial charge is 0.257 e. The molecule has 8 atom stereocenters. The predicted molar refractivity (Wildman–Crippen MR) is 429 cm³/mol. The van der Waals surface area contributed by atoms with Gasteiger partial charge in [0.15, 0.2) is 23.0 Å². The third kappa shape index (κ3) is 20.2. The topological polar surface area (TPSA) is 227 Å². The molecule has 24 nitrogen and oxygen atoms in total. The van der Waals surface area contributed by atoms with Crippen LogP contribution in [-0.2, 0) is 25.7 Å². The van der Waals surface area contributed by atoms with Crippen molar-refractivity contribution in [2.75, 3.05) is 134 Å². The maximum Gasteiger partial charge on any atom is 0.257 e. The van der Waals surface area contributed by atoms with Crippen molar-refractivity contribution < 1.29 is 56.8 Å². The summed E-state index contributed by atoms with van der Waals surface area (Å²) >= 11 is 0. The molecule has 0 radical (unpaired) electrons. The fourth-order valence-electron chi connectivity index (χ4n) is 17.2. The normalized spacial score (nSPS) is 22.9. The molecule has 0 amide bonds. The molecule has 16 rings (SSSR count). The first-order chi connectivity index (χ1) is 53.8. The van der Waals surface area contributed by atoms with Gasteiger partial charge in [-0.05, 0) is 250 Å². The number of rotatable bonds is 20. The summed E-state index contributed by atoms with van der Waals surface area (Å²) in [7, 11) is 6.69. The second kappa shape index (κ2) is 35.4. The Morgan fingerprint density at radius 3 is 0.714 bits per heavy atom. The molecule has 8 aromatic heterocycles. The van der Waals surface area contributed by atoms with Crippen LogP contribution in [0.1, 0.15) is 173 Å². The molecule has 112 heavy (non-hydrogen) atoms. The lowest BCUT2D eigenvalue weighted by Crippen LogP contribution is -2.29. The summed E-state index contributed by atoms with van der Waals surface area (Å²) < 4.78 is 66.4. The van der Waals surface area contributed by atoms with Crippen molar-refractivity contribution in [2.45, 2.75) is 159 Å². The quantitative estimate of drug-likeness (QED) is 0.0691. The summed E-state index contributed by atoms with van der Waals surface area (Å²) in [5, 5.41) is 0. The number of fused-ring (bicyclic) bond motifs is 4. The van der Waals surface area contributed by atoms with Crippen LogP contribution < -0.4 is 56.8 Å². The lowest BCUT2D eigenvalue weighted by atomic mass is 9.83. The maximum absolute atomic E-state index is 5.66. The van der Waals surface area contributed by atoms with Crippen molar-refractivity contribution in [3.8, 4) is 70.0 Å². The van der Waals surface area contributed by atoms with Crippen LogP contribution in [0.5, 0.6) is 70.0 Å². The van der Waals surface area contributed by atoms with Crippen molar-refractivity contribution in [1.82, 2.24) is 59.5 Å². The second-order valence-corrected chi connectivity index (χ2v) is 33.1. The molecular weight excluding hydrogens is 1420 g/mol. The van der Waals surface area contributed by atoms with E-state index in [0.717, 1.165) is 172 Å². The average molecular weight is 1530 g/mol. The number of ether oxygens (including phenoxy) is 12. The fourth-order valence-corrected chi connectivity index (χ4v) is 17.2. The number of pyridine rings is 8. The molecule has 4 fully saturated rings. The highest BCUT2D eigenvalue weighted by molar-refractivity contribution is 5.41. The van der Waals surface area contributed by atoms with E-state index in [4.69, 9.17) is 76.8 Å². The van der Waals surface area contributed by atoms with E-state index in [9.17, 15) is 0 Å². The van der Waals surface area contributed by atoms with Gasteiger partial charge in [0.1, 0.15) is 52.9 Å². The van der Waals surface area contributed by atoms with Gasteiger partial charge in [0.05, 0.1) is 51.2 Å². The van der Waals surface area contributed by atoms with Gasteiger partial charge in [-0.15, -0.1) is 0 Å². The van der Waals surface area contributed by atoms with Gasteiger partial charge in [-0.25, -0.2) is 39.9 Å². The number of hydrogen-bond donors (Lipinski definition) is 0. The van der Waals surface area contributed by atoms with Crippen molar-refractivity contribution in [1.29, 1.82) is 0 Å². The molecule has 8 aliphatic rings. The monoisotopic (exact) mass is 1530 g/mol. The van der Waals surface area contributed by atoms with Crippen LogP contribution in [0.25, 0.3) is 0 Å². The summed E-state index contributed by atoms with van der Waals surface area (Å²) in [5.74, 6) is 8.26. The summed E-state index contributed by atoms with van der Waals surface area (Å²) in [6, 6.07) is 34.1. The predicted octanol–water partition coefficient (Wildman–Crippen LogP) is 14.3. The lowest BCUT2D eigenvalue weighted by Gasteiger charge is -2.29. The first kappa shape index (κ1) is 80.7. The Hall–Kier alpha value is -9.36. The standard InChI is InChI=1S/4C22H29N3O3/c4*1-15-11-17(12-20(23-15)26-4)13-22(3)7-8-25(14-22)16(2)18-5-6-19-21(24-18)28-10-9-27-19/h4*5-6,11-12,16H,7-10,13-14H2,1-4H3/t16-,22+;2*16-,22-;/m110./s1. The minimum absolute atomic E-state index is 0.223. The summed E-state index contributed by atoms with van der Waals surface area (Å²) in [4.78, 5) is 46.5. The van der Waals surface area contributed by atoms with Gasteiger partial charge in [-0.2, -0.15) is 0 Å². The van der Waals surface area contributed by atoms with E-state index >= 15 is 0 Å². The third-order valence-electron chi connectivity index (χ3n) is 23.3. The Balaban J connectivity index is 0.000000131. The SMILES string of the molecule is COc1cc(CC2(C)CCN(C(C)c3ccc4c(n3)OCCO4)C2)cc(C)n1.COc1cc(C[C@@]2(C)CCN([C@H](C)c3ccc4c(n3)OCCO4)C2)cc(C)n1.COc1cc(C[C@]2(C)CCN([C@@H](C)c3ccc4c(n3)OCCO4)C2)cc(C)n1.COc1cc(C[C@]2(C)CCN([C@H](C)c3ccc4c(n3)OCCO4)C2)cc(C)n1. The Labute approximate surface area is 661 Å². The average Bonchev–Trinajstić information content (AvgIpc) is 1.68. The van der Waals surface area contributed by atoms with Gasteiger partial charge < -0.3 is 56.8 Å². The number of nitrogens with zero attached hydrogens (tertiary/aromatic N) is 12. The highest BCUT2D eigenvalue weighted by Gasteiger charge is 2.42. The zero-order chi connectivity index (χ0) is 78.9. The minimum atomic E-state index is 0.223. The van der Waals surface area contributed by atoms with Gasteiger partial charge in [0, 0.05) is 97.4 Å². The molecule has 0 N–H and O–H groups in total. The third-order valence-corrected chi connectivity index (χ3v) is 23.3. The van der Waals surface area contributed by atoms with Crippen molar-refractivity contribution in [2.24, 2.45) is 21.7 Å². The van der Waals surface area contributed by atoms with Crippen molar-refractivity contribution in [3.05, 3.63) is 165 Å². The number of aromatic nitrogens is 8. The molecule has 16 heterocycles. The first-order valence-electron chi connectivity index (χ1n) is 39.9. The highest BCUT2D eigenvalue weighted by atomic mass is 16.6. The zero-order valence-electron chi connectivity index (χ0n) is 68.8. The van der Waals surface area contributed by atoms with Gasteiger partial charge in [0.2, 0.25) is 23.5 Å². The summed E-state index contributed by atoms with van der Waals surface area (Å²) in [5.41, 5.74) is 14.2. The van der Waals surface area contributed by atoms with Crippen LogP contribution in [0.2, 0.25) is 0 Å².